The van der Waals surface area contributed by atoms with Crippen LogP contribution in [0.5, 0.6) is 0 Å². The van der Waals surface area contributed by atoms with E-state index in [9.17, 15) is 0 Å². The molecule has 7 nitrogen and oxygen atoms in total. The van der Waals surface area contributed by atoms with E-state index in [2.05, 4.69) is 62.6 Å². The Labute approximate surface area is 296 Å². The molecule has 11 unspecified atom stereocenters. The molecule has 12 heteroatoms. The van der Waals surface area contributed by atoms with E-state index in [0.717, 1.165) is 77.4 Å². The summed E-state index contributed by atoms with van der Waals surface area (Å²) in [5.74, 6) is 6.83. The van der Waals surface area contributed by atoms with Crippen LogP contribution in [0.2, 0.25) is 56.4 Å². The molecule has 0 aromatic heterocycles. The van der Waals surface area contributed by atoms with Gasteiger partial charge in [-0.2, -0.15) is 0 Å². The van der Waals surface area contributed by atoms with Crippen LogP contribution in [0, 0.1) is 53.3 Å². The topological polar surface area (TPSA) is 64.6 Å². The molecule has 6 bridgehead atoms. The summed E-state index contributed by atoms with van der Waals surface area (Å²) < 4.78 is 48.3. The van der Waals surface area contributed by atoms with Gasteiger partial charge in [-0.3, -0.25) is 0 Å². The van der Waals surface area contributed by atoms with Crippen molar-refractivity contribution >= 4 is 43.0 Å². The van der Waals surface area contributed by atoms with Crippen molar-refractivity contribution in [3.05, 3.63) is 36.5 Å². The Kier molecular flexibility index (Phi) is 10.7. The van der Waals surface area contributed by atoms with Gasteiger partial charge in [-0.05, 0) is 161 Å². The van der Waals surface area contributed by atoms with Crippen molar-refractivity contribution in [3.63, 3.8) is 0 Å². The molecule has 4 fully saturated rings. The molecule has 270 valence electrons. The number of fused-ring (bicyclic) bond motifs is 6. The highest BCUT2D eigenvalue weighted by Gasteiger charge is 2.58. The summed E-state index contributed by atoms with van der Waals surface area (Å²) in [6.07, 6.45) is 26.5. The molecule has 0 spiro atoms. The van der Waals surface area contributed by atoms with Crippen LogP contribution in [-0.4, -0.2) is 64.4 Å². The maximum Gasteiger partial charge on any atom is 0.500 e. The Bertz CT molecular complexity index is 1180. The summed E-state index contributed by atoms with van der Waals surface area (Å²) >= 11 is 0. The van der Waals surface area contributed by atoms with Crippen molar-refractivity contribution in [2.75, 3.05) is 21.3 Å². The number of allylic oxidation sites excluding steroid dienone is 6. The van der Waals surface area contributed by atoms with E-state index >= 15 is 0 Å². The quantitative estimate of drug-likeness (QED) is 0.122. The zero-order valence-corrected chi connectivity index (χ0v) is 35.9. The predicted octanol–water partition coefficient (Wildman–Crippen LogP) is 9.04. The SMILES string of the molecule is CO[Si](CC[Si]1(C)O[Si](C)(CCC2CC3C=CC2C3)O[Si](C)(CCC2CC3C=CC2C3)O[Si](C)(CCC2CC3C=CC2C3)O1)(OC)OC. The lowest BCUT2D eigenvalue weighted by atomic mass is 9.91. The zero-order chi connectivity index (χ0) is 33.8. The first kappa shape index (κ1) is 36.4. The lowest BCUT2D eigenvalue weighted by molar-refractivity contribution is 0.123. The van der Waals surface area contributed by atoms with E-state index in [1.165, 1.54) is 57.8 Å². The molecule has 1 aliphatic heterocycles. The second-order valence-electron chi connectivity index (χ2n) is 17.5. The molecule has 48 heavy (non-hydrogen) atoms. The summed E-state index contributed by atoms with van der Waals surface area (Å²) in [6, 6.07) is 4.51. The Morgan fingerprint density at radius 1 is 0.479 bits per heavy atom. The van der Waals surface area contributed by atoms with Gasteiger partial charge in [0.25, 0.3) is 0 Å². The molecule has 0 aromatic carbocycles. The van der Waals surface area contributed by atoms with Crippen LogP contribution in [0.1, 0.15) is 57.8 Å². The van der Waals surface area contributed by atoms with Crippen molar-refractivity contribution in [1.29, 1.82) is 0 Å². The first-order chi connectivity index (χ1) is 22.9. The molecule has 0 aromatic rings. The first-order valence-corrected chi connectivity index (χ1v) is 31.4. The van der Waals surface area contributed by atoms with Crippen LogP contribution < -0.4 is 0 Å². The molecule has 0 amide bonds. The summed E-state index contributed by atoms with van der Waals surface area (Å²) in [7, 11) is -8.50. The third-order valence-electron chi connectivity index (χ3n) is 13.7. The minimum absolute atomic E-state index is 0.676. The average molecular weight is 749 g/mol. The van der Waals surface area contributed by atoms with Gasteiger partial charge in [0.05, 0.1) is 0 Å². The smallest absolute Gasteiger partial charge is 0.416 e. The highest BCUT2D eigenvalue weighted by molar-refractivity contribution is 6.94. The average Bonchev–Trinajstić information content (AvgIpc) is 3.91. The summed E-state index contributed by atoms with van der Waals surface area (Å²) in [4.78, 5) is 0. The van der Waals surface area contributed by atoms with E-state index < -0.39 is 43.0 Å². The molecule has 1 heterocycles. The number of hydrogen-bond donors (Lipinski definition) is 0. The molecule has 1 saturated heterocycles. The maximum atomic E-state index is 7.66. The van der Waals surface area contributed by atoms with Crippen molar-refractivity contribution in [2.45, 2.75) is 114 Å². The molecule has 0 N–H and O–H groups in total. The molecule has 0 radical (unpaired) electrons. The normalized spacial score (nSPS) is 47.4. The second-order valence-corrected chi connectivity index (χ2v) is 34.9. The van der Waals surface area contributed by atoms with E-state index in [1.54, 1.807) is 21.3 Å². The Hall–Kier alpha value is 0.0244. The number of hydrogen-bond acceptors (Lipinski definition) is 7. The van der Waals surface area contributed by atoms with Gasteiger partial charge in [-0.15, -0.1) is 0 Å². The van der Waals surface area contributed by atoms with Crippen LogP contribution in [-0.2, 0) is 29.7 Å². The molecule has 7 rings (SSSR count). The highest BCUT2D eigenvalue weighted by atomic mass is 28.5. The fourth-order valence-electron chi connectivity index (χ4n) is 11.3. The highest BCUT2D eigenvalue weighted by Crippen LogP contribution is 2.50. The lowest BCUT2D eigenvalue weighted by Gasteiger charge is -2.51. The summed E-state index contributed by atoms with van der Waals surface area (Å²) in [5, 5.41) is 0. The van der Waals surface area contributed by atoms with Gasteiger partial charge in [0, 0.05) is 27.4 Å². The van der Waals surface area contributed by atoms with Gasteiger partial charge < -0.3 is 29.7 Å². The molecule has 11 atom stereocenters. The number of rotatable bonds is 15. The Morgan fingerprint density at radius 2 is 0.792 bits per heavy atom. The molecule has 6 aliphatic carbocycles. The van der Waals surface area contributed by atoms with Gasteiger partial charge in [0.1, 0.15) is 0 Å². The van der Waals surface area contributed by atoms with Crippen LogP contribution in [0.3, 0.4) is 0 Å². The van der Waals surface area contributed by atoms with Gasteiger partial charge in [0.2, 0.25) is 0 Å². The maximum absolute atomic E-state index is 7.66. The third-order valence-corrected chi connectivity index (χ3v) is 35.5. The van der Waals surface area contributed by atoms with Gasteiger partial charge in [-0.25, -0.2) is 0 Å². The Balaban J connectivity index is 1.14. The van der Waals surface area contributed by atoms with E-state index in [0.29, 0.717) is 6.04 Å². The lowest BCUT2D eigenvalue weighted by Crippen LogP contribution is -2.67. The minimum Gasteiger partial charge on any atom is -0.416 e. The van der Waals surface area contributed by atoms with Crippen molar-refractivity contribution in [2.24, 2.45) is 53.3 Å². The van der Waals surface area contributed by atoms with Crippen LogP contribution >= 0.6 is 0 Å². The van der Waals surface area contributed by atoms with E-state index in [-0.39, 0.29) is 0 Å². The Morgan fingerprint density at radius 3 is 1.04 bits per heavy atom. The van der Waals surface area contributed by atoms with Crippen LogP contribution in [0.4, 0.5) is 0 Å². The third kappa shape index (κ3) is 7.85. The molecular formula is C36H64O7Si5. The van der Waals surface area contributed by atoms with Crippen molar-refractivity contribution in [3.8, 4) is 0 Å². The monoisotopic (exact) mass is 748 g/mol. The fourth-order valence-corrected chi connectivity index (χ4v) is 38.2. The molecule has 7 aliphatic rings. The zero-order valence-electron chi connectivity index (χ0n) is 30.9. The van der Waals surface area contributed by atoms with E-state index in [4.69, 9.17) is 29.7 Å². The second kappa shape index (κ2) is 14.1. The van der Waals surface area contributed by atoms with Gasteiger partial charge in [-0.1, -0.05) is 36.5 Å². The van der Waals surface area contributed by atoms with Crippen molar-refractivity contribution < 1.29 is 29.7 Å². The summed E-state index contributed by atoms with van der Waals surface area (Å²) in [5.41, 5.74) is 0. The molecule has 3 saturated carbocycles. The molecular weight excluding hydrogens is 685 g/mol. The first-order valence-electron chi connectivity index (χ1n) is 19.4. The van der Waals surface area contributed by atoms with Crippen molar-refractivity contribution in [1.82, 2.24) is 0 Å². The summed E-state index contributed by atoms with van der Waals surface area (Å²) in [6.45, 7) is 9.41. The van der Waals surface area contributed by atoms with Gasteiger partial charge in [0.15, 0.2) is 0 Å². The van der Waals surface area contributed by atoms with Gasteiger partial charge >= 0.3 is 43.0 Å². The van der Waals surface area contributed by atoms with Crippen LogP contribution in [0.25, 0.3) is 0 Å². The fraction of sp³-hybridized carbons (Fsp3) is 0.833. The van der Waals surface area contributed by atoms with E-state index in [1.807, 2.05) is 0 Å². The minimum atomic E-state index is -2.82. The van der Waals surface area contributed by atoms with Crippen LogP contribution in [0.15, 0.2) is 36.5 Å². The standard InChI is InChI=1S/C36H64O7Si5/c1-37-48(38-2,39-3)21-20-47(7)42-45(5,18-15-35-26-29-9-12-32(35)23-29)40-44(4,17-14-34-25-28-8-11-31(34)22-28)41-46(6,43-47)19-16-36-27-30-10-13-33(36)24-30/h8-13,28-36H,14-27H2,1-7H3. The predicted molar refractivity (Wildman–Crippen MR) is 202 cm³/mol. The largest absolute Gasteiger partial charge is 0.500 e.